The van der Waals surface area contributed by atoms with Crippen molar-refractivity contribution in [1.82, 2.24) is 0 Å². The Bertz CT molecular complexity index is 807. The number of carbonyl (C=O) groups is 1. The van der Waals surface area contributed by atoms with Gasteiger partial charge < -0.3 is 4.74 Å². The Labute approximate surface area is 131 Å². The third-order valence-electron chi connectivity index (χ3n) is 3.47. The predicted molar refractivity (Wildman–Crippen MR) is 88.4 cm³/mol. The summed E-state index contributed by atoms with van der Waals surface area (Å²) in [5.74, 6) is -0.321. The molecule has 0 bridgehead atoms. The quantitative estimate of drug-likeness (QED) is 0.609. The van der Waals surface area contributed by atoms with Crippen molar-refractivity contribution in [3.63, 3.8) is 0 Å². The number of rotatable bonds is 2. The Morgan fingerprint density at radius 3 is 2.38 bits per heavy atom. The number of hydrogen-bond donors (Lipinski definition) is 0. The Balaban J connectivity index is 2.35. The molecule has 0 saturated heterocycles. The molecule has 3 heteroatoms. The Morgan fingerprint density at radius 2 is 1.67 bits per heavy atom. The van der Waals surface area contributed by atoms with E-state index in [1.54, 1.807) is 0 Å². The number of methoxy groups -OCH3 is 1. The Morgan fingerprint density at radius 1 is 0.952 bits per heavy atom. The summed E-state index contributed by atoms with van der Waals surface area (Å²) in [5, 5.41) is 2.14. The van der Waals surface area contributed by atoms with Gasteiger partial charge in [-0.1, -0.05) is 58.4 Å². The smallest absolute Gasteiger partial charge is 0.338 e. The van der Waals surface area contributed by atoms with Crippen LogP contribution in [0.1, 0.15) is 10.4 Å². The van der Waals surface area contributed by atoms with Gasteiger partial charge in [-0.15, -0.1) is 0 Å². The fraction of sp³-hybridized carbons (Fsp3) is 0.0556. The van der Waals surface area contributed by atoms with Gasteiger partial charge in [0.1, 0.15) is 0 Å². The first kappa shape index (κ1) is 13.8. The molecule has 0 saturated carbocycles. The predicted octanol–water partition coefficient (Wildman–Crippen LogP) is 5.06. The van der Waals surface area contributed by atoms with E-state index in [9.17, 15) is 4.79 Å². The van der Waals surface area contributed by atoms with E-state index < -0.39 is 0 Å². The van der Waals surface area contributed by atoms with Crippen molar-refractivity contribution >= 4 is 32.7 Å². The third kappa shape index (κ3) is 2.57. The summed E-state index contributed by atoms with van der Waals surface area (Å²) in [5.41, 5.74) is 2.49. The van der Waals surface area contributed by atoms with Crippen molar-refractivity contribution in [2.24, 2.45) is 0 Å². The molecule has 0 heterocycles. The SMILES string of the molecule is COC(=O)c1ccc2ccccc2c1-c1ccc(Br)cc1. The van der Waals surface area contributed by atoms with E-state index in [1.807, 2.05) is 60.7 Å². The van der Waals surface area contributed by atoms with E-state index in [4.69, 9.17) is 4.74 Å². The van der Waals surface area contributed by atoms with Gasteiger partial charge >= 0.3 is 5.97 Å². The molecular formula is C18H13BrO2. The molecule has 0 atom stereocenters. The summed E-state index contributed by atoms with van der Waals surface area (Å²) in [6.07, 6.45) is 0. The summed E-state index contributed by atoms with van der Waals surface area (Å²) in [7, 11) is 1.41. The lowest BCUT2D eigenvalue weighted by molar-refractivity contribution is 0.0602. The second-order valence-electron chi connectivity index (χ2n) is 4.71. The van der Waals surface area contributed by atoms with Gasteiger partial charge in [0.15, 0.2) is 0 Å². The van der Waals surface area contributed by atoms with Crippen LogP contribution in [-0.2, 0) is 4.74 Å². The number of hydrogen-bond acceptors (Lipinski definition) is 2. The van der Waals surface area contributed by atoms with E-state index in [1.165, 1.54) is 7.11 Å². The monoisotopic (exact) mass is 340 g/mol. The van der Waals surface area contributed by atoms with Gasteiger partial charge in [0.25, 0.3) is 0 Å². The minimum absolute atomic E-state index is 0.321. The molecule has 0 spiro atoms. The topological polar surface area (TPSA) is 26.3 Å². The summed E-state index contributed by atoms with van der Waals surface area (Å²) in [6, 6.07) is 19.7. The lowest BCUT2D eigenvalue weighted by Gasteiger charge is -2.12. The Kier molecular flexibility index (Phi) is 3.76. The second-order valence-corrected chi connectivity index (χ2v) is 5.62. The van der Waals surface area contributed by atoms with Crippen LogP contribution < -0.4 is 0 Å². The van der Waals surface area contributed by atoms with Crippen LogP contribution in [-0.4, -0.2) is 13.1 Å². The van der Waals surface area contributed by atoms with Crippen molar-refractivity contribution in [1.29, 1.82) is 0 Å². The molecule has 0 amide bonds. The maximum atomic E-state index is 12.1. The first-order valence-corrected chi connectivity index (χ1v) is 7.36. The van der Waals surface area contributed by atoms with Crippen LogP contribution in [0.15, 0.2) is 65.1 Å². The van der Waals surface area contributed by atoms with Crippen LogP contribution in [0.4, 0.5) is 0 Å². The number of ether oxygens (including phenoxy) is 1. The van der Waals surface area contributed by atoms with Crippen molar-refractivity contribution in [3.05, 3.63) is 70.7 Å². The molecule has 104 valence electrons. The van der Waals surface area contributed by atoms with Gasteiger partial charge in [0.2, 0.25) is 0 Å². The number of esters is 1. The maximum absolute atomic E-state index is 12.1. The van der Waals surface area contributed by atoms with E-state index in [0.29, 0.717) is 5.56 Å². The molecule has 21 heavy (non-hydrogen) atoms. The average Bonchev–Trinajstić information content (AvgIpc) is 2.54. The van der Waals surface area contributed by atoms with Crippen LogP contribution in [0, 0.1) is 0 Å². The minimum atomic E-state index is -0.321. The largest absolute Gasteiger partial charge is 0.465 e. The van der Waals surface area contributed by atoms with Gasteiger partial charge in [-0.2, -0.15) is 0 Å². The highest BCUT2D eigenvalue weighted by atomic mass is 79.9. The van der Waals surface area contributed by atoms with E-state index in [2.05, 4.69) is 15.9 Å². The van der Waals surface area contributed by atoms with Crippen LogP contribution in [0.25, 0.3) is 21.9 Å². The average molecular weight is 341 g/mol. The highest BCUT2D eigenvalue weighted by molar-refractivity contribution is 9.10. The van der Waals surface area contributed by atoms with Crippen molar-refractivity contribution in [3.8, 4) is 11.1 Å². The van der Waals surface area contributed by atoms with Gasteiger partial charge in [-0.25, -0.2) is 4.79 Å². The second kappa shape index (κ2) is 5.70. The summed E-state index contributed by atoms with van der Waals surface area (Å²) in [4.78, 5) is 12.1. The highest BCUT2D eigenvalue weighted by Crippen LogP contribution is 2.33. The molecule has 0 unspecified atom stereocenters. The molecule has 0 aromatic heterocycles. The first-order chi connectivity index (χ1) is 10.2. The van der Waals surface area contributed by atoms with E-state index >= 15 is 0 Å². The minimum Gasteiger partial charge on any atom is -0.465 e. The molecule has 3 aromatic carbocycles. The molecule has 0 aliphatic carbocycles. The lowest BCUT2D eigenvalue weighted by Crippen LogP contribution is -2.04. The molecule has 0 aliphatic rings. The number of benzene rings is 3. The van der Waals surface area contributed by atoms with Crippen molar-refractivity contribution < 1.29 is 9.53 Å². The van der Waals surface area contributed by atoms with Crippen LogP contribution in [0.5, 0.6) is 0 Å². The maximum Gasteiger partial charge on any atom is 0.338 e. The molecule has 3 rings (SSSR count). The lowest BCUT2D eigenvalue weighted by atomic mass is 9.93. The number of fused-ring (bicyclic) bond motifs is 1. The van der Waals surface area contributed by atoms with Gasteiger partial charge in [0, 0.05) is 10.0 Å². The first-order valence-electron chi connectivity index (χ1n) is 6.56. The zero-order chi connectivity index (χ0) is 14.8. The van der Waals surface area contributed by atoms with Crippen molar-refractivity contribution in [2.75, 3.05) is 7.11 Å². The molecule has 0 N–H and O–H groups in total. The molecule has 0 radical (unpaired) electrons. The third-order valence-corrected chi connectivity index (χ3v) is 4.00. The molecular weight excluding hydrogens is 328 g/mol. The van der Waals surface area contributed by atoms with Gasteiger partial charge in [-0.3, -0.25) is 0 Å². The highest BCUT2D eigenvalue weighted by Gasteiger charge is 2.16. The number of halogens is 1. The zero-order valence-corrected chi connectivity index (χ0v) is 13.1. The van der Waals surface area contributed by atoms with Crippen LogP contribution >= 0.6 is 15.9 Å². The zero-order valence-electron chi connectivity index (χ0n) is 11.5. The standard InChI is InChI=1S/C18H13BrO2/c1-21-18(20)16-11-8-12-4-2-3-5-15(12)17(16)13-6-9-14(19)10-7-13/h2-11H,1H3. The Hall–Kier alpha value is -2.13. The van der Waals surface area contributed by atoms with Gasteiger partial charge in [0.05, 0.1) is 12.7 Å². The molecule has 0 fully saturated rings. The molecule has 3 aromatic rings. The summed E-state index contributed by atoms with van der Waals surface area (Å²) < 4.78 is 5.93. The molecule has 2 nitrogen and oxygen atoms in total. The molecule has 0 aliphatic heterocycles. The van der Waals surface area contributed by atoms with Gasteiger partial charge in [-0.05, 0) is 34.5 Å². The normalized spacial score (nSPS) is 10.6. The van der Waals surface area contributed by atoms with E-state index in [-0.39, 0.29) is 5.97 Å². The van der Waals surface area contributed by atoms with Crippen molar-refractivity contribution in [2.45, 2.75) is 0 Å². The fourth-order valence-corrected chi connectivity index (χ4v) is 2.74. The summed E-state index contributed by atoms with van der Waals surface area (Å²) >= 11 is 3.44. The number of carbonyl (C=O) groups excluding carboxylic acids is 1. The van der Waals surface area contributed by atoms with E-state index in [0.717, 1.165) is 26.4 Å². The summed E-state index contributed by atoms with van der Waals surface area (Å²) in [6.45, 7) is 0. The fourth-order valence-electron chi connectivity index (χ4n) is 2.48. The van der Waals surface area contributed by atoms with Crippen LogP contribution in [0.3, 0.4) is 0 Å². The van der Waals surface area contributed by atoms with Crippen LogP contribution in [0.2, 0.25) is 0 Å².